The summed E-state index contributed by atoms with van der Waals surface area (Å²) in [4.78, 5) is 15.3. The van der Waals surface area contributed by atoms with Crippen LogP contribution < -0.4 is 5.73 Å². The van der Waals surface area contributed by atoms with Crippen LogP contribution in [0.3, 0.4) is 0 Å². The molecule has 78 valence electrons. The molecule has 7 heteroatoms. The average Bonchev–Trinajstić information content (AvgIpc) is 2.61. The number of nitrogens with zero attached hydrogens (tertiary/aromatic N) is 3. The second-order valence-corrected chi connectivity index (χ2v) is 3.63. The van der Waals surface area contributed by atoms with Crippen LogP contribution >= 0.6 is 15.9 Å². The van der Waals surface area contributed by atoms with Gasteiger partial charge in [0.2, 0.25) is 0 Å². The number of carbonyl (C=O) groups is 1. The topological polar surface area (TPSA) is 82.5 Å². The Morgan fingerprint density at radius 3 is 3.00 bits per heavy atom. The van der Waals surface area contributed by atoms with E-state index in [2.05, 4.69) is 30.7 Å². The summed E-state index contributed by atoms with van der Waals surface area (Å²) in [6.45, 7) is 0. The number of carbonyl (C=O) groups excluding carboxylic acids is 1. The molecule has 2 aromatic heterocycles. The molecule has 0 bridgehead atoms. The van der Waals surface area contributed by atoms with Crippen molar-refractivity contribution in [2.75, 3.05) is 12.8 Å². The zero-order valence-electron chi connectivity index (χ0n) is 7.77. The van der Waals surface area contributed by atoms with Gasteiger partial charge in [-0.3, -0.25) is 0 Å². The number of aromatic nitrogens is 3. The van der Waals surface area contributed by atoms with Gasteiger partial charge in [-0.15, -0.1) is 0 Å². The van der Waals surface area contributed by atoms with E-state index >= 15 is 0 Å². The first kappa shape index (κ1) is 9.91. The molecule has 0 amide bonds. The van der Waals surface area contributed by atoms with Crippen molar-refractivity contribution in [1.82, 2.24) is 14.6 Å². The summed E-state index contributed by atoms with van der Waals surface area (Å²) >= 11 is 3.26. The first-order valence-electron chi connectivity index (χ1n) is 4.01. The number of anilines is 1. The molecular formula is C8H7BrN4O2. The Kier molecular flexibility index (Phi) is 2.31. The fourth-order valence-electron chi connectivity index (χ4n) is 1.19. The van der Waals surface area contributed by atoms with E-state index in [4.69, 9.17) is 5.73 Å². The molecule has 0 unspecified atom stereocenters. The lowest BCUT2D eigenvalue weighted by atomic mass is 10.3. The van der Waals surface area contributed by atoms with E-state index < -0.39 is 5.97 Å². The first-order chi connectivity index (χ1) is 7.15. The predicted octanol–water partition coefficient (Wildman–Crippen LogP) is 0.861. The van der Waals surface area contributed by atoms with Gasteiger partial charge in [0.05, 0.1) is 17.8 Å². The van der Waals surface area contributed by atoms with Crippen LogP contribution in [-0.4, -0.2) is 27.7 Å². The lowest BCUT2D eigenvalue weighted by Gasteiger charge is -2.04. The molecular weight excluding hydrogens is 264 g/mol. The van der Waals surface area contributed by atoms with E-state index in [1.807, 2.05) is 0 Å². The molecule has 0 aliphatic heterocycles. The third-order valence-corrected chi connectivity index (χ3v) is 2.49. The normalized spacial score (nSPS) is 10.5. The molecule has 0 saturated carbocycles. The molecule has 6 nitrogen and oxygen atoms in total. The lowest BCUT2D eigenvalue weighted by Crippen LogP contribution is -2.11. The molecule has 0 aliphatic carbocycles. The van der Waals surface area contributed by atoms with Crippen LogP contribution in [0.25, 0.3) is 5.65 Å². The summed E-state index contributed by atoms with van der Waals surface area (Å²) < 4.78 is 6.65. The molecule has 2 heterocycles. The summed E-state index contributed by atoms with van der Waals surface area (Å²) in [5, 5.41) is 3.97. The molecule has 0 radical (unpaired) electrons. The fraction of sp³-hybridized carbons (Fsp3) is 0.125. The number of nitrogens with two attached hydrogens (primary N) is 1. The van der Waals surface area contributed by atoms with Gasteiger partial charge in [0.25, 0.3) is 0 Å². The van der Waals surface area contributed by atoms with Gasteiger partial charge in [0, 0.05) is 6.20 Å². The molecule has 0 aliphatic rings. The van der Waals surface area contributed by atoms with Crippen LogP contribution in [0.2, 0.25) is 0 Å². The Morgan fingerprint density at radius 1 is 1.60 bits per heavy atom. The maximum Gasteiger partial charge on any atom is 0.343 e. The Hall–Kier alpha value is -1.63. The number of fused-ring (bicyclic) bond motifs is 1. The largest absolute Gasteiger partial charge is 0.465 e. The molecule has 0 fully saturated rings. The van der Waals surface area contributed by atoms with Gasteiger partial charge in [-0.2, -0.15) is 9.61 Å². The van der Waals surface area contributed by atoms with Crippen molar-refractivity contribution in [3.05, 3.63) is 22.4 Å². The van der Waals surface area contributed by atoms with Crippen LogP contribution in [0.1, 0.15) is 10.4 Å². The minimum Gasteiger partial charge on any atom is -0.465 e. The number of rotatable bonds is 1. The smallest absolute Gasteiger partial charge is 0.343 e. The second-order valence-electron chi connectivity index (χ2n) is 2.78. The number of hydrogen-bond acceptors (Lipinski definition) is 5. The summed E-state index contributed by atoms with van der Waals surface area (Å²) in [7, 11) is 1.28. The zero-order chi connectivity index (χ0) is 11.0. The summed E-state index contributed by atoms with van der Waals surface area (Å²) in [5.41, 5.74) is 6.50. The lowest BCUT2D eigenvalue weighted by molar-refractivity contribution is 0.0601. The number of ether oxygens (including phenoxy) is 1. The van der Waals surface area contributed by atoms with Crippen molar-refractivity contribution in [3.63, 3.8) is 0 Å². The van der Waals surface area contributed by atoms with E-state index in [1.165, 1.54) is 17.8 Å². The van der Waals surface area contributed by atoms with Crippen molar-refractivity contribution >= 4 is 33.4 Å². The van der Waals surface area contributed by atoms with E-state index in [-0.39, 0.29) is 11.4 Å². The van der Waals surface area contributed by atoms with E-state index in [0.29, 0.717) is 10.1 Å². The van der Waals surface area contributed by atoms with Crippen molar-refractivity contribution in [3.8, 4) is 0 Å². The molecule has 0 atom stereocenters. The Labute approximate surface area is 93.2 Å². The van der Waals surface area contributed by atoms with Crippen molar-refractivity contribution in [2.24, 2.45) is 0 Å². The van der Waals surface area contributed by atoms with Gasteiger partial charge in [-0.25, -0.2) is 9.78 Å². The third-order valence-electron chi connectivity index (χ3n) is 1.93. The maximum absolute atomic E-state index is 11.3. The highest BCUT2D eigenvalue weighted by Crippen LogP contribution is 2.19. The van der Waals surface area contributed by atoms with Crippen LogP contribution in [0.15, 0.2) is 16.9 Å². The van der Waals surface area contributed by atoms with E-state index in [0.717, 1.165) is 0 Å². The number of halogens is 1. The minimum absolute atomic E-state index is 0.195. The van der Waals surface area contributed by atoms with Crippen LogP contribution in [0.5, 0.6) is 0 Å². The first-order valence-corrected chi connectivity index (χ1v) is 4.80. The SMILES string of the molecule is COC(=O)c1cnc2c(Br)cnn2c1N. The summed E-state index contributed by atoms with van der Waals surface area (Å²) in [5.74, 6) is -0.328. The van der Waals surface area contributed by atoms with Crippen LogP contribution in [-0.2, 0) is 4.74 Å². The molecule has 2 aromatic rings. The highest BCUT2D eigenvalue weighted by atomic mass is 79.9. The maximum atomic E-state index is 11.3. The number of hydrogen-bond donors (Lipinski definition) is 1. The third kappa shape index (κ3) is 1.44. The average molecular weight is 271 g/mol. The number of nitrogen functional groups attached to an aromatic ring is 1. The van der Waals surface area contributed by atoms with Gasteiger partial charge < -0.3 is 10.5 Å². The fourth-order valence-corrected chi connectivity index (χ4v) is 1.55. The molecule has 2 rings (SSSR count). The number of esters is 1. The van der Waals surface area contributed by atoms with Crippen molar-refractivity contribution in [2.45, 2.75) is 0 Å². The highest BCUT2D eigenvalue weighted by Gasteiger charge is 2.15. The highest BCUT2D eigenvalue weighted by molar-refractivity contribution is 9.10. The quantitative estimate of drug-likeness (QED) is 0.778. The number of methoxy groups -OCH3 is 1. The summed E-state index contributed by atoms with van der Waals surface area (Å²) in [6.07, 6.45) is 2.92. The van der Waals surface area contributed by atoms with Gasteiger partial charge in [-0.05, 0) is 15.9 Å². The van der Waals surface area contributed by atoms with Gasteiger partial charge >= 0.3 is 5.97 Å². The molecule has 0 saturated heterocycles. The Balaban J connectivity index is 2.71. The van der Waals surface area contributed by atoms with Gasteiger partial charge in [0.1, 0.15) is 11.4 Å². The zero-order valence-corrected chi connectivity index (χ0v) is 9.35. The summed E-state index contributed by atoms with van der Waals surface area (Å²) in [6, 6.07) is 0. The van der Waals surface area contributed by atoms with Crippen LogP contribution in [0.4, 0.5) is 5.82 Å². The monoisotopic (exact) mass is 270 g/mol. The molecule has 2 N–H and O–H groups in total. The standard InChI is InChI=1S/C8H7BrN4O2/c1-15-8(14)4-2-11-7-5(9)3-12-13(7)6(4)10/h2-3H,10H2,1H3. The van der Waals surface area contributed by atoms with Gasteiger partial charge in [-0.1, -0.05) is 0 Å². The minimum atomic E-state index is -0.534. The molecule has 0 aromatic carbocycles. The Morgan fingerprint density at radius 2 is 2.33 bits per heavy atom. The van der Waals surface area contributed by atoms with Crippen molar-refractivity contribution < 1.29 is 9.53 Å². The van der Waals surface area contributed by atoms with Crippen LogP contribution in [0, 0.1) is 0 Å². The molecule has 0 spiro atoms. The second kappa shape index (κ2) is 3.50. The van der Waals surface area contributed by atoms with Gasteiger partial charge in [0.15, 0.2) is 5.65 Å². The molecule has 15 heavy (non-hydrogen) atoms. The predicted molar refractivity (Wildman–Crippen MR) is 56.4 cm³/mol. The van der Waals surface area contributed by atoms with Crippen molar-refractivity contribution in [1.29, 1.82) is 0 Å². The van der Waals surface area contributed by atoms with E-state index in [9.17, 15) is 4.79 Å². The Bertz CT molecular complexity index is 537. The van der Waals surface area contributed by atoms with E-state index in [1.54, 1.807) is 6.20 Å².